The first-order chi connectivity index (χ1) is 10.6. The van der Waals surface area contributed by atoms with E-state index >= 15 is 0 Å². The van der Waals surface area contributed by atoms with Crippen LogP contribution in [0.2, 0.25) is 0 Å². The lowest BCUT2D eigenvalue weighted by Crippen LogP contribution is -1.94. The van der Waals surface area contributed by atoms with Crippen molar-refractivity contribution in [3.05, 3.63) is 48.0 Å². The number of para-hydroxylation sites is 1. The summed E-state index contributed by atoms with van der Waals surface area (Å²) in [6.07, 6.45) is 0. The zero-order valence-corrected chi connectivity index (χ0v) is 13.5. The van der Waals surface area contributed by atoms with Crippen molar-refractivity contribution in [2.45, 2.75) is 12.7 Å². The Labute approximate surface area is 134 Å². The number of nitrogens with zero attached hydrogens (tertiary/aromatic N) is 1. The molecule has 22 heavy (non-hydrogen) atoms. The van der Waals surface area contributed by atoms with Gasteiger partial charge in [-0.2, -0.15) is 11.8 Å². The summed E-state index contributed by atoms with van der Waals surface area (Å²) in [6.45, 7) is 2.13. The van der Waals surface area contributed by atoms with Crippen LogP contribution in [0.5, 0.6) is 11.5 Å². The first-order valence-electron chi connectivity index (χ1n) is 7.30. The third-order valence-electron chi connectivity index (χ3n) is 3.90. The van der Waals surface area contributed by atoms with Gasteiger partial charge in [-0.15, -0.1) is 0 Å². The molecule has 0 aliphatic carbocycles. The van der Waals surface area contributed by atoms with E-state index in [4.69, 9.17) is 0 Å². The van der Waals surface area contributed by atoms with E-state index in [1.165, 1.54) is 0 Å². The van der Waals surface area contributed by atoms with Crippen LogP contribution in [0, 0.1) is 0 Å². The molecule has 2 N–H and O–H groups in total. The SMILES string of the molecule is CCSCc1c(-c2ccccc2O)n(C)c2ccc(O)cc12. The highest BCUT2D eigenvalue weighted by molar-refractivity contribution is 7.98. The van der Waals surface area contributed by atoms with Gasteiger partial charge < -0.3 is 14.8 Å². The molecule has 4 heteroatoms. The molecule has 3 aromatic rings. The number of benzene rings is 2. The van der Waals surface area contributed by atoms with E-state index in [9.17, 15) is 10.2 Å². The van der Waals surface area contributed by atoms with Crippen LogP contribution >= 0.6 is 11.8 Å². The van der Waals surface area contributed by atoms with E-state index in [-0.39, 0.29) is 11.5 Å². The van der Waals surface area contributed by atoms with Gasteiger partial charge in [-0.05, 0) is 41.6 Å². The second kappa shape index (κ2) is 5.97. The molecule has 0 aliphatic rings. The van der Waals surface area contributed by atoms with Crippen LogP contribution < -0.4 is 0 Å². The Bertz CT molecular complexity index is 823. The van der Waals surface area contributed by atoms with Crippen molar-refractivity contribution in [2.75, 3.05) is 5.75 Å². The van der Waals surface area contributed by atoms with E-state index in [0.717, 1.165) is 39.2 Å². The lowest BCUT2D eigenvalue weighted by atomic mass is 10.1. The fourth-order valence-corrected chi connectivity index (χ4v) is 3.58. The summed E-state index contributed by atoms with van der Waals surface area (Å²) in [4.78, 5) is 0. The van der Waals surface area contributed by atoms with Crippen molar-refractivity contribution in [2.24, 2.45) is 7.05 Å². The van der Waals surface area contributed by atoms with Crippen LogP contribution in [-0.2, 0) is 12.8 Å². The number of rotatable bonds is 4. The fraction of sp³-hybridized carbons (Fsp3) is 0.222. The third-order valence-corrected chi connectivity index (χ3v) is 4.80. The van der Waals surface area contributed by atoms with Crippen molar-refractivity contribution < 1.29 is 10.2 Å². The average molecular weight is 313 g/mol. The molecule has 0 unspecified atom stereocenters. The van der Waals surface area contributed by atoms with Crippen molar-refractivity contribution >= 4 is 22.7 Å². The van der Waals surface area contributed by atoms with Crippen LogP contribution in [0.15, 0.2) is 42.5 Å². The summed E-state index contributed by atoms with van der Waals surface area (Å²) in [6, 6.07) is 12.8. The van der Waals surface area contributed by atoms with Crippen LogP contribution in [0.25, 0.3) is 22.2 Å². The predicted molar refractivity (Wildman–Crippen MR) is 93.5 cm³/mol. The summed E-state index contributed by atoms with van der Waals surface area (Å²) in [5.41, 5.74) is 4.05. The molecule has 1 aromatic heterocycles. The molecular formula is C18H19NO2S. The van der Waals surface area contributed by atoms with Gasteiger partial charge in [-0.25, -0.2) is 0 Å². The monoisotopic (exact) mass is 313 g/mol. The van der Waals surface area contributed by atoms with Gasteiger partial charge in [-0.1, -0.05) is 19.1 Å². The Kier molecular flexibility index (Phi) is 4.03. The minimum absolute atomic E-state index is 0.268. The minimum Gasteiger partial charge on any atom is -0.508 e. The second-order valence-corrected chi connectivity index (χ2v) is 6.52. The summed E-state index contributed by atoms with van der Waals surface area (Å²) in [5, 5.41) is 21.1. The molecule has 0 saturated carbocycles. The average Bonchev–Trinajstić information content (AvgIpc) is 2.77. The second-order valence-electron chi connectivity index (χ2n) is 5.24. The number of hydrogen-bond acceptors (Lipinski definition) is 3. The number of aromatic nitrogens is 1. The number of aryl methyl sites for hydroxylation is 1. The molecule has 0 fully saturated rings. The first-order valence-corrected chi connectivity index (χ1v) is 8.45. The quantitative estimate of drug-likeness (QED) is 0.745. The maximum atomic E-state index is 10.2. The Balaban J connectivity index is 2.32. The summed E-state index contributed by atoms with van der Waals surface area (Å²) < 4.78 is 2.09. The number of phenolic OH excluding ortho intramolecular Hbond substituents is 2. The predicted octanol–water partition coefficient (Wildman–Crippen LogP) is 4.51. The topological polar surface area (TPSA) is 45.4 Å². The number of thioether (sulfide) groups is 1. The molecule has 0 radical (unpaired) electrons. The van der Waals surface area contributed by atoms with E-state index < -0.39 is 0 Å². The number of aromatic hydroxyl groups is 2. The smallest absolute Gasteiger partial charge is 0.124 e. The van der Waals surface area contributed by atoms with Crippen LogP contribution in [0.1, 0.15) is 12.5 Å². The Morgan fingerprint density at radius 2 is 1.86 bits per heavy atom. The fourth-order valence-electron chi connectivity index (χ4n) is 2.88. The maximum absolute atomic E-state index is 10.2. The zero-order valence-electron chi connectivity index (χ0n) is 12.7. The molecule has 0 saturated heterocycles. The molecule has 3 nitrogen and oxygen atoms in total. The van der Waals surface area contributed by atoms with Gasteiger partial charge in [-0.3, -0.25) is 0 Å². The van der Waals surface area contributed by atoms with E-state index in [1.807, 2.05) is 49.1 Å². The highest BCUT2D eigenvalue weighted by Gasteiger charge is 2.18. The number of fused-ring (bicyclic) bond motifs is 1. The molecule has 2 aromatic carbocycles. The van der Waals surface area contributed by atoms with E-state index in [0.29, 0.717) is 0 Å². The van der Waals surface area contributed by atoms with E-state index in [1.54, 1.807) is 12.1 Å². The summed E-state index contributed by atoms with van der Waals surface area (Å²) >= 11 is 1.83. The lowest BCUT2D eigenvalue weighted by Gasteiger charge is -2.10. The Morgan fingerprint density at radius 1 is 1.09 bits per heavy atom. The number of hydrogen-bond donors (Lipinski definition) is 2. The highest BCUT2D eigenvalue weighted by Crippen LogP contribution is 2.39. The van der Waals surface area contributed by atoms with Gasteiger partial charge in [0.25, 0.3) is 0 Å². The van der Waals surface area contributed by atoms with Gasteiger partial charge in [0.15, 0.2) is 0 Å². The maximum Gasteiger partial charge on any atom is 0.124 e. The molecule has 0 atom stereocenters. The molecule has 1 heterocycles. The zero-order chi connectivity index (χ0) is 15.7. The highest BCUT2D eigenvalue weighted by atomic mass is 32.2. The van der Waals surface area contributed by atoms with Gasteiger partial charge in [0.1, 0.15) is 11.5 Å². The Hall–Kier alpha value is -2.07. The third kappa shape index (κ3) is 2.44. The van der Waals surface area contributed by atoms with Crippen molar-refractivity contribution in [3.8, 4) is 22.8 Å². The molecule has 0 amide bonds. The lowest BCUT2D eigenvalue weighted by molar-refractivity contribution is 0.476. The summed E-state index contributed by atoms with van der Waals surface area (Å²) in [5.74, 6) is 2.42. The van der Waals surface area contributed by atoms with Crippen molar-refractivity contribution in [1.29, 1.82) is 0 Å². The molecule has 0 bridgehead atoms. The molecule has 0 aliphatic heterocycles. The van der Waals surface area contributed by atoms with Gasteiger partial charge in [0.2, 0.25) is 0 Å². The Morgan fingerprint density at radius 3 is 2.59 bits per heavy atom. The van der Waals surface area contributed by atoms with Crippen LogP contribution in [0.3, 0.4) is 0 Å². The van der Waals surface area contributed by atoms with Gasteiger partial charge >= 0.3 is 0 Å². The minimum atomic E-state index is 0.268. The van der Waals surface area contributed by atoms with Crippen LogP contribution in [-0.4, -0.2) is 20.5 Å². The van der Waals surface area contributed by atoms with Gasteiger partial charge in [0.05, 0.1) is 5.69 Å². The molecule has 3 rings (SSSR count). The van der Waals surface area contributed by atoms with Crippen molar-refractivity contribution in [3.63, 3.8) is 0 Å². The summed E-state index contributed by atoms with van der Waals surface area (Å²) in [7, 11) is 2.00. The first kappa shape index (κ1) is 14.9. The van der Waals surface area contributed by atoms with Crippen LogP contribution in [0.4, 0.5) is 0 Å². The van der Waals surface area contributed by atoms with E-state index in [2.05, 4.69) is 11.5 Å². The molecular weight excluding hydrogens is 294 g/mol. The normalized spacial score (nSPS) is 11.2. The standard InChI is InChI=1S/C18H19NO2S/c1-3-22-11-15-14-10-12(20)8-9-16(14)19(2)18(15)13-6-4-5-7-17(13)21/h4-10,20-21H,3,11H2,1-2H3. The molecule has 0 spiro atoms. The van der Waals surface area contributed by atoms with Gasteiger partial charge in [0, 0.05) is 29.3 Å². The largest absolute Gasteiger partial charge is 0.508 e. The number of phenols is 2. The van der Waals surface area contributed by atoms with Crippen molar-refractivity contribution in [1.82, 2.24) is 4.57 Å². The molecule has 114 valence electrons.